The van der Waals surface area contributed by atoms with E-state index in [0.29, 0.717) is 23.0 Å². The lowest BCUT2D eigenvalue weighted by atomic mass is 9.99. The summed E-state index contributed by atoms with van der Waals surface area (Å²) in [5, 5.41) is 18.4. The monoisotopic (exact) mass is 445 g/mol. The normalized spacial score (nSPS) is 15.9. The van der Waals surface area contributed by atoms with Gasteiger partial charge in [0.1, 0.15) is 6.04 Å². The molecule has 6 heterocycles. The van der Waals surface area contributed by atoms with E-state index >= 15 is 0 Å². The molecule has 160 valence electrons. The molecule has 1 aliphatic heterocycles. The maximum Gasteiger partial charge on any atom is 0.285 e. The molecule has 0 unspecified atom stereocenters. The second kappa shape index (κ2) is 7.09. The van der Waals surface area contributed by atoms with Crippen LogP contribution in [0.5, 0.6) is 0 Å². The molecule has 0 aliphatic carbocycles. The number of carbonyl (C=O) groups is 1. The molecule has 0 aromatic carbocycles. The molecular formula is C21H19N9OS. The Kier molecular flexibility index (Phi) is 4.18. The lowest BCUT2D eigenvalue weighted by Crippen LogP contribution is -2.41. The van der Waals surface area contributed by atoms with Crippen molar-refractivity contribution in [3.8, 4) is 10.6 Å². The maximum atomic E-state index is 13.6. The minimum Gasteiger partial charge on any atom is -0.348 e. The van der Waals surface area contributed by atoms with Gasteiger partial charge in [0.15, 0.2) is 5.01 Å². The maximum absolute atomic E-state index is 13.6. The minimum absolute atomic E-state index is 0.176. The van der Waals surface area contributed by atoms with Crippen molar-refractivity contribution in [3.05, 3.63) is 70.8 Å². The van der Waals surface area contributed by atoms with E-state index in [4.69, 9.17) is 5.10 Å². The van der Waals surface area contributed by atoms with Gasteiger partial charge < -0.3 is 9.88 Å². The number of carbonyl (C=O) groups excluding carboxylic acids is 1. The molecule has 1 amide bonds. The highest BCUT2D eigenvalue weighted by atomic mass is 32.1. The SMILES string of the molecule is Cc1cccn2nc([C@H]3c4nc[nH]c4CCN3C(=O)c3nnc(-c4cnn(C)c4)s3)cc12. The standard InChI is InChI=1S/C21H19N9OS/c1-12-4-3-6-30-16(12)8-15(27-30)18-17-14(22-11-23-17)5-7-29(18)21(31)20-26-25-19(32-20)13-9-24-28(2)10-13/h3-4,6,8-11,18H,5,7H2,1-2H3,(H,22,23)/t18-/m0/s1. The van der Waals surface area contributed by atoms with Gasteiger partial charge in [0, 0.05) is 38.1 Å². The Morgan fingerprint density at radius 2 is 2.22 bits per heavy atom. The van der Waals surface area contributed by atoms with Crippen LogP contribution in [0, 0.1) is 6.92 Å². The van der Waals surface area contributed by atoms with Gasteiger partial charge in [0.25, 0.3) is 5.91 Å². The molecule has 0 spiro atoms. The van der Waals surface area contributed by atoms with E-state index < -0.39 is 6.04 Å². The summed E-state index contributed by atoms with van der Waals surface area (Å²) in [6.45, 7) is 2.58. The van der Waals surface area contributed by atoms with Crippen LogP contribution >= 0.6 is 11.3 Å². The van der Waals surface area contributed by atoms with E-state index in [1.807, 2.05) is 49.1 Å². The predicted octanol–water partition coefficient (Wildman–Crippen LogP) is 2.41. The average Bonchev–Trinajstić information content (AvgIpc) is 3.57. The van der Waals surface area contributed by atoms with E-state index in [1.165, 1.54) is 11.3 Å². The summed E-state index contributed by atoms with van der Waals surface area (Å²) in [6, 6.07) is 5.64. The van der Waals surface area contributed by atoms with Crippen LogP contribution in [0.1, 0.15) is 38.5 Å². The van der Waals surface area contributed by atoms with Crippen LogP contribution in [0.25, 0.3) is 16.1 Å². The highest BCUT2D eigenvalue weighted by Crippen LogP contribution is 2.35. The number of hydrogen-bond donors (Lipinski definition) is 1. The Hall–Kier alpha value is -3.86. The summed E-state index contributed by atoms with van der Waals surface area (Å²) >= 11 is 1.27. The third kappa shape index (κ3) is 2.93. The van der Waals surface area contributed by atoms with Crippen LogP contribution in [0.2, 0.25) is 0 Å². The van der Waals surface area contributed by atoms with E-state index in [2.05, 4.69) is 25.3 Å². The summed E-state index contributed by atoms with van der Waals surface area (Å²) in [7, 11) is 1.84. The molecule has 5 aromatic rings. The summed E-state index contributed by atoms with van der Waals surface area (Å²) in [5.74, 6) is -0.176. The molecular weight excluding hydrogens is 426 g/mol. The number of nitrogens with zero attached hydrogens (tertiary/aromatic N) is 8. The average molecular weight is 446 g/mol. The smallest absolute Gasteiger partial charge is 0.285 e. The first kappa shape index (κ1) is 18.9. The van der Waals surface area contributed by atoms with Crippen LogP contribution in [0.3, 0.4) is 0 Å². The predicted molar refractivity (Wildman–Crippen MR) is 117 cm³/mol. The van der Waals surface area contributed by atoms with Crippen molar-refractivity contribution in [1.82, 2.24) is 44.5 Å². The zero-order chi connectivity index (χ0) is 21.8. The molecule has 32 heavy (non-hydrogen) atoms. The van der Waals surface area contributed by atoms with Gasteiger partial charge in [-0.2, -0.15) is 10.2 Å². The van der Waals surface area contributed by atoms with Crippen molar-refractivity contribution >= 4 is 22.8 Å². The number of amides is 1. The van der Waals surface area contributed by atoms with Gasteiger partial charge >= 0.3 is 0 Å². The number of H-pyrrole nitrogens is 1. The van der Waals surface area contributed by atoms with E-state index in [9.17, 15) is 4.79 Å². The Labute approximate surface area is 186 Å². The molecule has 0 fully saturated rings. The molecule has 0 saturated carbocycles. The van der Waals surface area contributed by atoms with Gasteiger partial charge in [0.05, 0.1) is 35.0 Å². The van der Waals surface area contributed by atoms with Gasteiger partial charge in [0.2, 0.25) is 5.01 Å². The van der Waals surface area contributed by atoms with E-state index in [-0.39, 0.29) is 5.91 Å². The van der Waals surface area contributed by atoms with Crippen molar-refractivity contribution in [2.24, 2.45) is 7.05 Å². The number of pyridine rings is 1. The molecule has 0 bridgehead atoms. The Bertz CT molecular complexity index is 1460. The molecule has 11 heteroatoms. The Balaban J connectivity index is 1.41. The molecule has 5 aromatic heterocycles. The fourth-order valence-electron chi connectivity index (χ4n) is 4.19. The third-order valence-electron chi connectivity index (χ3n) is 5.76. The van der Waals surface area contributed by atoms with Crippen LogP contribution in [-0.2, 0) is 13.5 Å². The first-order valence-corrected chi connectivity index (χ1v) is 11.0. The molecule has 1 atom stereocenters. The topological polar surface area (TPSA) is 110 Å². The molecule has 1 N–H and O–H groups in total. The van der Waals surface area contributed by atoms with Gasteiger partial charge in [-0.1, -0.05) is 17.4 Å². The Morgan fingerprint density at radius 3 is 3.03 bits per heavy atom. The summed E-state index contributed by atoms with van der Waals surface area (Å²) < 4.78 is 3.54. The number of aromatic amines is 1. The summed E-state index contributed by atoms with van der Waals surface area (Å²) in [6.07, 6.45) is 7.86. The molecule has 0 saturated heterocycles. The second-order valence-corrected chi connectivity index (χ2v) is 8.80. The van der Waals surface area contributed by atoms with Crippen molar-refractivity contribution in [1.29, 1.82) is 0 Å². The van der Waals surface area contributed by atoms with Crippen molar-refractivity contribution in [2.75, 3.05) is 6.54 Å². The molecule has 6 rings (SSSR count). The number of fused-ring (bicyclic) bond motifs is 2. The van der Waals surface area contributed by atoms with Gasteiger partial charge in [-0.05, 0) is 24.6 Å². The van der Waals surface area contributed by atoms with Crippen LogP contribution in [0.15, 0.2) is 43.1 Å². The van der Waals surface area contributed by atoms with Crippen molar-refractivity contribution in [3.63, 3.8) is 0 Å². The van der Waals surface area contributed by atoms with Crippen LogP contribution in [-0.4, -0.2) is 56.9 Å². The van der Waals surface area contributed by atoms with Crippen LogP contribution < -0.4 is 0 Å². The minimum atomic E-state index is -0.400. The summed E-state index contributed by atoms with van der Waals surface area (Å²) in [4.78, 5) is 23.1. The number of imidazole rings is 1. The zero-order valence-corrected chi connectivity index (χ0v) is 18.2. The summed E-state index contributed by atoms with van der Waals surface area (Å²) in [5.41, 5.74) is 5.59. The first-order valence-electron chi connectivity index (χ1n) is 10.2. The quantitative estimate of drug-likeness (QED) is 0.457. The lowest BCUT2D eigenvalue weighted by molar-refractivity contribution is 0.0685. The molecule has 10 nitrogen and oxygen atoms in total. The highest BCUT2D eigenvalue weighted by molar-refractivity contribution is 7.16. The fraction of sp³-hybridized carbons (Fsp3) is 0.238. The van der Waals surface area contributed by atoms with Gasteiger partial charge in [-0.3, -0.25) is 9.48 Å². The zero-order valence-electron chi connectivity index (χ0n) is 17.4. The molecule has 0 radical (unpaired) electrons. The van der Waals surface area contributed by atoms with Crippen LogP contribution in [0.4, 0.5) is 0 Å². The number of aromatic nitrogens is 8. The third-order valence-corrected chi connectivity index (χ3v) is 6.72. The lowest BCUT2D eigenvalue weighted by Gasteiger charge is -2.33. The fourth-order valence-corrected chi connectivity index (χ4v) is 4.96. The van der Waals surface area contributed by atoms with Crippen molar-refractivity contribution in [2.45, 2.75) is 19.4 Å². The van der Waals surface area contributed by atoms with E-state index in [0.717, 1.165) is 33.7 Å². The number of aryl methyl sites for hydroxylation is 2. The van der Waals surface area contributed by atoms with E-state index in [1.54, 1.807) is 22.1 Å². The number of nitrogens with one attached hydrogen (secondary N) is 1. The number of rotatable bonds is 3. The highest BCUT2D eigenvalue weighted by Gasteiger charge is 2.37. The largest absolute Gasteiger partial charge is 0.348 e. The second-order valence-electron chi connectivity index (χ2n) is 7.82. The van der Waals surface area contributed by atoms with Gasteiger partial charge in [-0.25, -0.2) is 9.50 Å². The molecule has 1 aliphatic rings. The van der Waals surface area contributed by atoms with Crippen molar-refractivity contribution < 1.29 is 4.79 Å². The van der Waals surface area contributed by atoms with Gasteiger partial charge in [-0.15, -0.1) is 10.2 Å². The first-order chi connectivity index (χ1) is 15.6. The number of hydrogen-bond acceptors (Lipinski definition) is 7. The Morgan fingerprint density at radius 1 is 1.31 bits per heavy atom.